The highest BCUT2D eigenvalue weighted by atomic mass is 19.1. The van der Waals surface area contributed by atoms with E-state index in [9.17, 15) is 23.2 Å². The molecule has 1 saturated heterocycles. The molecule has 1 unspecified atom stereocenters. The molecule has 0 aromatic heterocycles. The molecule has 4 N–H and O–H groups in total. The van der Waals surface area contributed by atoms with Crippen molar-refractivity contribution >= 4 is 17.7 Å². The number of nitrogens with one attached hydrogen (secondary N) is 2. The lowest BCUT2D eigenvalue weighted by Gasteiger charge is -2.42. The van der Waals surface area contributed by atoms with Gasteiger partial charge in [0.25, 0.3) is 0 Å². The normalized spacial score (nSPS) is 20.3. The van der Waals surface area contributed by atoms with E-state index in [0.29, 0.717) is 25.9 Å². The zero-order valence-electron chi connectivity index (χ0n) is 23.8. The van der Waals surface area contributed by atoms with Crippen LogP contribution in [0.1, 0.15) is 62.6 Å². The number of esters is 1. The van der Waals surface area contributed by atoms with E-state index >= 15 is 0 Å². The number of Topliss-reactive ketones (excluding diaryl/α,β-unsaturated/α-hetero) is 1. The molecule has 2 aliphatic rings. The summed E-state index contributed by atoms with van der Waals surface area (Å²) in [5, 5.41) is 6.10. The Hall–Kier alpha value is -3.21. The summed E-state index contributed by atoms with van der Waals surface area (Å²) < 4.78 is 39.5. The highest BCUT2D eigenvalue weighted by Crippen LogP contribution is 2.56. The zero-order chi connectivity index (χ0) is 29.8. The summed E-state index contributed by atoms with van der Waals surface area (Å²) in [5.41, 5.74) is 5.83. The molecule has 2 aromatic carbocycles. The van der Waals surface area contributed by atoms with Crippen LogP contribution in [-0.4, -0.2) is 55.5 Å². The quantitative estimate of drug-likeness (QED) is 0.354. The van der Waals surface area contributed by atoms with Crippen LogP contribution in [0.4, 0.5) is 8.78 Å². The lowest BCUT2D eigenvalue weighted by atomic mass is 9.64. The number of nitrogens with two attached hydrogens (primary N) is 1. The largest absolute Gasteiger partial charge is 0.466 e. The van der Waals surface area contributed by atoms with Gasteiger partial charge in [-0.1, -0.05) is 30.3 Å². The average molecular weight is 572 g/mol. The molecule has 41 heavy (non-hydrogen) atoms. The number of halogens is 2. The number of benzene rings is 2. The van der Waals surface area contributed by atoms with Crippen LogP contribution in [0.15, 0.2) is 42.5 Å². The van der Waals surface area contributed by atoms with Gasteiger partial charge in [0, 0.05) is 22.8 Å². The third-order valence-electron chi connectivity index (χ3n) is 8.22. The fourth-order valence-corrected chi connectivity index (χ4v) is 6.26. The molecule has 10 heteroatoms. The molecule has 222 valence electrons. The van der Waals surface area contributed by atoms with Gasteiger partial charge < -0.3 is 25.8 Å². The van der Waals surface area contributed by atoms with Crippen LogP contribution >= 0.6 is 0 Å². The molecule has 1 amide bonds. The molecule has 1 fully saturated rings. The van der Waals surface area contributed by atoms with E-state index in [-0.39, 0.29) is 31.0 Å². The third-order valence-corrected chi connectivity index (χ3v) is 8.22. The summed E-state index contributed by atoms with van der Waals surface area (Å²) in [4.78, 5) is 40.4. The van der Waals surface area contributed by atoms with Crippen molar-refractivity contribution in [3.63, 3.8) is 0 Å². The van der Waals surface area contributed by atoms with E-state index in [0.717, 1.165) is 23.3 Å². The Balaban J connectivity index is 1.71. The zero-order valence-corrected chi connectivity index (χ0v) is 23.8. The first-order chi connectivity index (χ1) is 19.5. The molecule has 0 bridgehead atoms. The molecule has 2 aromatic rings. The van der Waals surface area contributed by atoms with Crippen LogP contribution in [0.2, 0.25) is 0 Å². The summed E-state index contributed by atoms with van der Waals surface area (Å²) in [6.07, 6.45) is 1.31. The average Bonchev–Trinajstić information content (AvgIpc) is 3.17. The van der Waals surface area contributed by atoms with Gasteiger partial charge in [-0.25, -0.2) is 8.78 Å². The molecular weight excluding hydrogens is 532 g/mol. The van der Waals surface area contributed by atoms with E-state index in [1.165, 1.54) is 19.9 Å². The van der Waals surface area contributed by atoms with E-state index in [1.54, 1.807) is 6.92 Å². The van der Waals surface area contributed by atoms with Crippen molar-refractivity contribution in [1.29, 1.82) is 0 Å². The van der Waals surface area contributed by atoms with E-state index < -0.39 is 58.9 Å². The molecule has 1 aliphatic carbocycles. The smallest absolute Gasteiger partial charge is 0.306 e. The first kappa shape index (κ1) is 30.7. The van der Waals surface area contributed by atoms with Crippen LogP contribution in [-0.2, 0) is 35.9 Å². The van der Waals surface area contributed by atoms with Gasteiger partial charge in [-0.05, 0) is 70.0 Å². The highest BCUT2D eigenvalue weighted by molar-refractivity contribution is 5.95. The number of amides is 1. The van der Waals surface area contributed by atoms with Crippen molar-refractivity contribution in [2.45, 2.75) is 69.6 Å². The Morgan fingerprint density at radius 3 is 2.39 bits per heavy atom. The maximum atomic E-state index is 14.6. The maximum absolute atomic E-state index is 14.6. The van der Waals surface area contributed by atoms with Crippen molar-refractivity contribution in [1.82, 2.24) is 10.6 Å². The lowest BCUT2D eigenvalue weighted by molar-refractivity contribution is -0.144. The van der Waals surface area contributed by atoms with E-state index in [2.05, 4.69) is 10.6 Å². The number of carbonyl (C=O) groups excluding carboxylic acids is 3. The van der Waals surface area contributed by atoms with Crippen LogP contribution in [0.3, 0.4) is 0 Å². The number of hydrogen-bond donors (Lipinski definition) is 3. The first-order valence-electron chi connectivity index (χ1n) is 14.1. The Labute approximate surface area is 239 Å². The van der Waals surface area contributed by atoms with Gasteiger partial charge in [-0.15, -0.1) is 0 Å². The van der Waals surface area contributed by atoms with Crippen molar-refractivity contribution in [2.75, 3.05) is 26.3 Å². The second-order valence-electron chi connectivity index (χ2n) is 11.5. The van der Waals surface area contributed by atoms with Gasteiger partial charge in [0.05, 0.1) is 31.8 Å². The predicted molar refractivity (Wildman–Crippen MR) is 149 cm³/mol. The van der Waals surface area contributed by atoms with Gasteiger partial charge in [0.2, 0.25) is 5.91 Å². The number of ketones is 1. The molecule has 8 nitrogen and oxygen atoms in total. The summed E-state index contributed by atoms with van der Waals surface area (Å²) in [6, 6.07) is 10.1. The minimum Gasteiger partial charge on any atom is -0.466 e. The van der Waals surface area contributed by atoms with Crippen LogP contribution in [0.25, 0.3) is 0 Å². The minimum atomic E-state index is -1.30. The topological polar surface area (TPSA) is 120 Å². The third kappa shape index (κ3) is 6.50. The van der Waals surface area contributed by atoms with Crippen molar-refractivity contribution < 1.29 is 32.6 Å². The van der Waals surface area contributed by atoms with Crippen LogP contribution in [0.5, 0.6) is 0 Å². The number of piperidine rings is 1. The Kier molecular flexibility index (Phi) is 9.56. The standard InChI is InChI=1S/C31H39F2N3O5/c1-4-41-26(37)16-20-19-8-5-6-9-22(19)31(12-14-35-15-13-31)27(20)28(38)25(36-29(39)30(2,3)34)18-40-17-21-23(32)10-7-11-24(21)33/h5-11,20,25,27,35H,4,12-18,34H2,1-3H3,(H,36,39)/t20?,25-,27+/m1/s1. The summed E-state index contributed by atoms with van der Waals surface area (Å²) >= 11 is 0. The molecule has 4 rings (SSSR count). The Bertz CT molecular complexity index is 1250. The second kappa shape index (κ2) is 12.8. The van der Waals surface area contributed by atoms with Gasteiger partial charge in [0.15, 0.2) is 5.78 Å². The Morgan fingerprint density at radius 1 is 1.10 bits per heavy atom. The summed E-state index contributed by atoms with van der Waals surface area (Å²) in [7, 11) is 0. The molecule has 0 saturated carbocycles. The van der Waals surface area contributed by atoms with Gasteiger partial charge in [-0.2, -0.15) is 0 Å². The van der Waals surface area contributed by atoms with Crippen molar-refractivity contribution in [3.8, 4) is 0 Å². The number of carbonyl (C=O) groups is 3. The second-order valence-corrected chi connectivity index (χ2v) is 11.5. The molecule has 1 aliphatic heterocycles. The van der Waals surface area contributed by atoms with Crippen LogP contribution in [0, 0.1) is 17.6 Å². The molecule has 1 heterocycles. The Morgan fingerprint density at radius 2 is 1.76 bits per heavy atom. The minimum absolute atomic E-state index is 0.000776. The lowest BCUT2D eigenvalue weighted by Crippen LogP contribution is -2.58. The predicted octanol–water partition coefficient (Wildman–Crippen LogP) is 3.26. The molecular formula is C31H39F2N3O5. The van der Waals surface area contributed by atoms with E-state index in [1.807, 2.05) is 24.3 Å². The van der Waals surface area contributed by atoms with Gasteiger partial charge >= 0.3 is 5.97 Å². The molecule has 0 radical (unpaired) electrons. The summed E-state index contributed by atoms with van der Waals surface area (Å²) in [5.74, 6) is -4.00. The monoisotopic (exact) mass is 571 g/mol. The van der Waals surface area contributed by atoms with Gasteiger partial charge in [-0.3, -0.25) is 14.4 Å². The number of rotatable bonds is 11. The summed E-state index contributed by atoms with van der Waals surface area (Å²) in [6.45, 7) is 5.57. The SMILES string of the molecule is CCOC(=O)CC1c2ccccc2C2(CCNCC2)[C@@H]1C(=O)[C@@H](COCc1c(F)cccc1F)NC(=O)C(C)(C)N. The molecule has 3 atom stereocenters. The fourth-order valence-electron chi connectivity index (χ4n) is 6.26. The van der Waals surface area contributed by atoms with Crippen molar-refractivity contribution in [3.05, 3.63) is 70.8 Å². The van der Waals surface area contributed by atoms with Gasteiger partial charge in [0.1, 0.15) is 17.7 Å². The van der Waals surface area contributed by atoms with Crippen LogP contribution < -0.4 is 16.4 Å². The number of ether oxygens (including phenoxy) is 2. The highest BCUT2D eigenvalue weighted by Gasteiger charge is 2.56. The number of fused-ring (bicyclic) bond motifs is 2. The first-order valence-corrected chi connectivity index (χ1v) is 14.1. The molecule has 1 spiro atoms. The maximum Gasteiger partial charge on any atom is 0.306 e. The number of hydrogen-bond acceptors (Lipinski definition) is 7. The van der Waals surface area contributed by atoms with E-state index in [4.69, 9.17) is 15.2 Å². The van der Waals surface area contributed by atoms with Crippen molar-refractivity contribution in [2.24, 2.45) is 11.7 Å². The fraction of sp³-hybridized carbons (Fsp3) is 0.516.